The van der Waals surface area contributed by atoms with Crippen LogP contribution in [-0.2, 0) is 7.05 Å². The number of aromatic hydroxyl groups is 1. The van der Waals surface area contributed by atoms with E-state index < -0.39 is 4.92 Å². The van der Waals surface area contributed by atoms with E-state index in [2.05, 4.69) is 5.10 Å². The summed E-state index contributed by atoms with van der Waals surface area (Å²) < 4.78 is 1.38. The number of aromatic nitrogens is 2. The zero-order valence-electron chi connectivity index (χ0n) is 8.90. The molecule has 0 atom stereocenters. The van der Waals surface area contributed by atoms with E-state index >= 15 is 0 Å². The minimum Gasteiger partial charge on any atom is -0.507 e. The lowest BCUT2D eigenvalue weighted by Gasteiger charge is -2.00. The Morgan fingerprint density at radius 1 is 1.47 bits per heavy atom. The molecule has 0 fully saturated rings. The SMILES string of the molecule is Cn1cc([N+](=O)[O-])c(Sc2ccccc2O)n1. The van der Waals surface area contributed by atoms with Gasteiger partial charge in [0.15, 0.2) is 0 Å². The maximum atomic E-state index is 10.8. The highest BCUT2D eigenvalue weighted by atomic mass is 32.2. The first-order chi connectivity index (χ1) is 8.08. The molecule has 0 unspecified atom stereocenters. The van der Waals surface area contributed by atoms with Crippen molar-refractivity contribution in [3.05, 3.63) is 40.6 Å². The Morgan fingerprint density at radius 2 is 2.18 bits per heavy atom. The minimum absolute atomic E-state index is 0.0687. The van der Waals surface area contributed by atoms with Crippen molar-refractivity contribution < 1.29 is 10.0 Å². The first-order valence-corrected chi connectivity index (χ1v) is 5.53. The topological polar surface area (TPSA) is 81.2 Å². The van der Waals surface area contributed by atoms with Crippen LogP contribution in [-0.4, -0.2) is 19.8 Å². The maximum Gasteiger partial charge on any atom is 0.321 e. The molecule has 0 aliphatic heterocycles. The van der Waals surface area contributed by atoms with Gasteiger partial charge in [-0.05, 0) is 12.1 Å². The van der Waals surface area contributed by atoms with Crippen molar-refractivity contribution in [1.82, 2.24) is 9.78 Å². The van der Waals surface area contributed by atoms with Crippen LogP contribution >= 0.6 is 11.8 Å². The Kier molecular flexibility index (Phi) is 3.01. The predicted molar refractivity (Wildman–Crippen MR) is 62.1 cm³/mol. The fraction of sp³-hybridized carbons (Fsp3) is 0.100. The molecule has 7 heteroatoms. The molecular formula is C10H9N3O3S. The summed E-state index contributed by atoms with van der Waals surface area (Å²) in [6, 6.07) is 6.64. The van der Waals surface area contributed by atoms with E-state index in [0.717, 1.165) is 11.8 Å². The molecule has 0 saturated carbocycles. The van der Waals surface area contributed by atoms with Crippen LogP contribution in [0.2, 0.25) is 0 Å². The van der Waals surface area contributed by atoms with Gasteiger partial charge < -0.3 is 5.11 Å². The van der Waals surface area contributed by atoms with Crippen LogP contribution in [0.4, 0.5) is 5.69 Å². The van der Waals surface area contributed by atoms with E-state index in [1.165, 1.54) is 16.9 Å². The van der Waals surface area contributed by atoms with Crippen LogP contribution in [0, 0.1) is 10.1 Å². The number of hydrogen-bond donors (Lipinski definition) is 1. The van der Waals surface area contributed by atoms with E-state index in [1.807, 2.05) is 0 Å². The summed E-state index contributed by atoms with van der Waals surface area (Å²) in [4.78, 5) is 10.8. The molecule has 1 aromatic carbocycles. The first-order valence-electron chi connectivity index (χ1n) is 4.72. The fourth-order valence-corrected chi connectivity index (χ4v) is 2.23. The smallest absolute Gasteiger partial charge is 0.321 e. The third-order valence-corrected chi connectivity index (χ3v) is 3.09. The first kappa shape index (κ1) is 11.5. The van der Waals surface area contributed by atoms with E-state index in [1.54, 1.807) is 25.2 Å². The average Bonchev–Trinajstić information content (AvgIpc) is 2.63. The van der Waals surface area contributed by atoms with E-state index in [4.69, 9.17) is 0 Å². The molecule has 1 heterocycles. The largest absolute Gasteiger partial charge is 0.507 e. The van der Waals surface area contributed by atoms with E-state index in [-0.39, 0.29) is 16.5 Å². The van der Waals surface area contributed by atoms with Crippen molar-refractivity contribution >= 4 is 17.4 Å². The van der Waals surface area contributed by atoms with E-state index in [0.29, 0.717) is 4.90 Å². The number of hydrogen-bond acceptors (Lipinski definition) is 5. The number of benzene rings is 1. The van der Waals surface area contributed by atoms with Gasteiger partial charge in [-0.15, -0.1) is 0 Å². The van der Waals surface area contributed by atoms with Gasteiger partial charge in [0, 0.05) is 7.05 Å². The van der Waals surface area contributed by atoms with Crippen LogP contribution in [0.3, 0.4) is 0 Å². The molecule has 6 nitrogen and oxygen atoms in total. The molecular weight excluding hydrogens is 242 g/mol. The Labute approximate surface area is 101 Å². The van der Waals surface area contributed by atoms with Gasteiger partial charge in [0.05, 0.1) is 9.82 Å². The van der Waals surface area contributed by atoms with Crippen molar-refractivity contribution in [2.45, 2.75) is 9.92 Å². The van der Waals surface area contributed by atoms with Crippen molar-refractivity contribution in [3.63, 3.8) is 0 Å². The minimum atomic E-state index is -0.491. The summed E-state index contributed by atoms with van der Waals surface area (Å²) in [6.45, 7) is 0. The maximum absolute atomic E-state index is 10.8. The van der Waals surface area contributed by atoms with Crippen LogP contribution in [0.1, 0.15) is 0 Å². The normalized spacial score (nSPS) is 10.4. The van der Waals surface area contributed by atoms with E-state index in [9.17, 15) is 15.2 Å². The number of nitro groups is 1. The second-order valence-electron chi connectivity index (χ2n) is 3.32. The van der Waals surface area contributed by atoms with Crippen molar-refractivity contribution in [2.75, 3.05) is 0 Å². The second-order valence-corrected chi connectivity index (χ2v) is 4.35. The molecule has 17 heavy (non-hydrogen) atoms. The molecule has 0 amide bonds. The molecule has 2 rings (SSSR count). The van der Waals surface area contributed by atoms with Gasteiger partial charge in [0.1, 0.15) is 11.9 Å². The Balaban J connectivity index is 2.36. The monoisotopic (exact) mass is 251 g/mol. The summed E-state index contributed by atoms with van der Waals surface area (Å²) in [6.07, 6.45) is 1.34. The van der Waals surface area contributed by atoms with Gasteiger partial charge in [0.25, 0.3) is 0 Å². The molecule has 0 aliphatic carbocycles. The van der Waals surface area contributed by atoms with Crippen molar-refractivity contribution in [1.29, 1.82) is 0 Å². The lowest BCUT2D eigenvalue weighted by atomic mass is 10.3. The van der Waals surface area contributed by atoms with Gasteiger partial charge >= 0.3 is 5.69 Å². The molecule has 2 aromatic rings. The highest BCUT2D eigenvalue weighted by Crippen LogP contribution is 2.37. The summed E-state index contributed by atoms with van der Waals surface area (Å²) in [5, 5.41) is 24.6. The molecule has 0 radical (unpaired) electrons. The third-order valence-electron chi connectivity index (χ3n) is 2.05. The van der Waals surface area contributed by atoms with Gasteiger partial charge in [-0.25, -0.2) is 0 Å². The van der Waals surface area contributed by atoms with Gasteiger partial charge in [-0.2, -0.15) is 5.10 Å². The number of rotatable bonds is 3. The van der Waals surface area contributed by atoms with Gasteiger partial charge in [0.2, 0.25) is 5.03 Å². The molecule has 0 spiro atoms. The van der Waals surface area contributed by atoms with Gasteiger partial charge in [-0.3, -0.25) is 14.8 Å². The lowest BCUT2D eigenvalue weighted by molar-refractivity contribution is -0.387. The Morgan fingerprint density at radius 3 is 2.82 bits per heavy atom. The van der Waals surface area contributed by atoms with Gasteiger partial charge in [-0.1, -0.05) is 23.9 Å². The molecule has 1 N–H and O–H groups in total. The number of phenols is 1. The number of para-hydroxylation sites is 1. The Hall–Kier alpha value is -2.02. The van der Waals surface area contributed by atoms with Crippen LogP contribution in [0.25, 0.3) is 0 Å². The number of aryl methyl sites for hydroxylation is 1. The van der Waals surface area contributed by atoms with Crippen LogP contribution in [0.5, 0.6) is 5.75 Å². The Bertz CT molecular complexity index is 568. The predicted octanol–water partition coefficient (Wildman–Crippen LogP) is 2.19. The third kappa shape index (κ3) is 2.39. The van der Waals surface area contributed by atoms with Crippen molar-refractivity contribution in [3.8, 4) is 5.75 Å². The quantitative estimate of drug-likeness (QED) is 0.668. The summed E-state index contributed by atoms with van der Waals surface area (Å²) in [5.74, 6) is 0.0810. The molecule has 0 aliphatic rings. The standard InChI is InChI=1S/C10H9N3O3S/c1-12-6-7(13(15)16)10(11-12)17-9-5-3-2-4-8(9)14/h2-6,14H,1H3. The molecule has 0 saturated heterocycles. The second kappa shape index (κ2) is 4.46. The molecule has 88 valence electrons. The summed E-state index contributed by atoms with van der Waals surface area (Å²) in [5.41, 5.74) is -0.0687. The van der Waals surface area contributed by atoms with Crippen LogP contribution < -0.4 is 0 Å². The highest BCUT2D eigenvalue weighted by molar-refractivity contribution is 7.99. The van der Waals surface area contributed by atoms with Crippen molar-refractivity contribution in [2.24, 2.45) is 7.05 Å². The summed E-state index contributed by atoms with van der Waals surface area (Å²) in [7, 11) is 1.61. The molecule has 1 aromatic heterocycles. The fourth-order valence-electron chi connectivity index (χ4n) is 1.30. The van der Waals surface area contributed by atoms with Crippen LogP contribution in [0.15, 0.2) is 40.4 Å². The zero-order valence-corrected chi connectivity index (χ0v) is 9.72. The average molecular weight is 251 g/mol. The summed E-state index contributed by atoms with van der Waals surface area (Å²) >= 11 is 1.07. The number of nitrogens with zero attached hydrogens (tertiary/aromatic N) is 3. The molecule has 0 bridgehead atoms. The zero-order chi connectivity index (χ0) is 12.4. The lowest BCUT2D eigenvalue weighted by Crippen LogP contribution is -1.87. The highest BCUT2D eigenvalue weighted by Gasteiger charge is 2.20. The number of phenolic OH excluding ortho intramolecular Hbond substituents is 1.